The van der Waals surface area contributed by atoms with Crippen LogP contribution in [0, 0.1) is 0 Å². The molecule has 4 rings (SSSR count). The van der Waals surface area contributed by atoms with Crippen molar-refractivity contribution in [2.24, 2.45) is 0 Å². The lowest BCUT2D eigenvalue weighted by Gasteiger charge is -2.33. The molecule has 1 aromatic heterocycles. The molecular formula is C21H24N3O3S+. The molecule has 1 fully saturated rings. The topological polar surface area (TPSA) is 62.1 Å². The van der Waals surface area contributed by atoms with Crippen molar-refractivity contribution in [3.63, 3.8) is 0 Å². The Morgan fingerprint density at radius 3 is 2.61 bits per heavy atom. The van der Waals surface area contributed by atoms with Crippen LogP contribution < -0.4 is 4.90 Å². The van der Waals surface area contributed by atoms with E-state index in [0.29, 0.717) is 5.56 Å². The van der Waals surface area contributed by atoms with E-state index in [2.05, 4.69) is 17.5 Å². The highest BCUT2D eigenvalue weighted by Crippen LogP contribution is 2.19. The third-order valence-electron chi connectivity index (χ3n) is 5.51. The Hall–Kier alpha value is -2.51. The number of hydrogen-bond donors (Lipinski definition) is 1. The van der Waals surface area contributed by atoms with Gasteiger partial charge in [-0.15, -0.1) is 11.3 Å². The Labute approximate surface area is 168 Å². The van der Waals surface area contributed by atoms with Crippen LogP contribution in [0.5, 0.6) is 0 Å². The molecule has 0 aliphatic carbocycles. The molecule has 0 atom stereocenters. The molecule has 0 unspecified atom stereocenters. The van der Waals surface area contributed by atoms with Crippen molar-refractivity contribution in [2.75, 3.05) is 32.7 Å². The second-order valence-electron chi connectivity index (χ2n) is 7.32. The first-order valence-corrected chi connectivity index (χ1v) is 10.6. The summed E-state index contributed by atoms with van der Waals surface area (Å²) in [5.41, 5.74) is 1.34. The van der Waals surface area contributed by atoms with Crippen molar-refractivity contribution in [2.45, 2.75) is 19.4 Å². The van der Waals surface area contributed by atoms with E-state index in [1.807, 2.05) is 17.0 Å². The average Bonchev–Trinajstić information content (AvgIpc) is 3.21. The molecule has 1 N–H and O–H groups in total. The van der Waals surface area contributed by atoms with Crippen molar-refractivity contribution in [1.29, 1.82) is 0 Å². The summed E-state index contributed by atoms with van der Waals surface area (Å²) < 4.78 is 0. The summed E-state index contributed by atoms with van der Waals surface area (Å²) in [4.78, 5) is 43.5. The van der Waals surface area contributed by atoms with Crippen LogP contribution in [0.1, 0.15) is 27.2 Å². The van der Waals surface area contributed by atoms with Gasteiger partial charge in [0, 0.05) is 18.5 Å². The first-order valence-electron chi connectivity index (χ1n) is 9.68. The number of imide groups is 1. The quantitative estimate of drug-likeness (QED) is 0.750. The van der Waals surface area contributed by atoms with Crippen molar-refractivity contribution in [3.05, 3.63) is 57.8 Å². The van der Waals surface area contributed by atoms with Crippen LogP contribution in [0.4, 0.5) is 0 Å². The Kier molecular flexibility index (Phi) is 5.54. The van der Waals surface area contributed by atoms with E-state index in [9.17, 15) is 14.4 Å². The highest BCUT2D eigenvalue weighted by molar-refractivity contribution is 7.09. The van der Waals surface area contributed by atoms with Gasteiger partial charge in [0.25, 0.3) is 5.91 Å². The lowest BCUT2D eigenvalue weighted by atomic mass is 9.98. The number of carbonyl (C=O) groups is 3. The van der Waals surface area contributed by atoms with Crippen LogP contribution in [-0.2, 0) is 22.6 Å². The number of nitrogens with one attached hydrogen (secondary N) is 1. The summed E-state index contributed by atoms with van der Waals surface area (Å²) >= 11 is 1.77. The fraction of sp³-hybridized carbons (Fsp3) is 0.381. The van der Waals surface area contributed by atoms with E-state index in [-0.39, 0.29) is 37.1 Å². The summed E-state index contributed by atoms with van der Waals surface area (Å²) in [6, 6.07) is 11.4. The molecule has 2 aromatic rings. The van der Waals surface area contributed by atoms with Gasteiger partial charge in [0.2, 0.25) is 11.8 Å². The van der Waals surface area contributed by atoms with E-state index in [4.69, 9.17) is 0 Å². The summed E-state index contributed by atoms with van der Waals surface area (Å²) in [6.45, 7) is 4.48. The number of amides is 3. The zero-order valence-corrected chi connectivity index (χ0v) is 16.5. The number of thiophene rings is 1. The summed E-state index contributed by atoms with van der Waals surface area (Å²) in [6.07, 6.45) is 0.417. The van der Waals surface area contributed by atoms with Gasteiger partial charge in [0.1, 0.15) is 6.54 Å². The lowest BCUT2D eigenvalue weighted by molar-refractivity contribution is -0.917. The van der Waals surface area contributed by atoms with E-state index in [1.165, 1.54) is 14.7 Å². The Balaban J connectivity index is 1.28. The van der Waals surface area contributed by atoms with Crippen molar-refractivity contribution in [1.82, 2.24) is 9.80 Å². The predicted octanol–water partition coefficient (Wildman–Crippen LogP) is 0.590. The molecule has 0 bridgehead atoms. The van der Waals surface area contributed by atoms with Crippen LogP contribution in [0.2, 0.25) is 0 Å². The Bertz CT molecular complexity index is 873. The van der Waals surface area contributed by atoms with Gasteiger partial charge in [-0.25, -0.2) is 0 Å². The number of hydrogen-bond acceptors (Lipinski definition) is 4. The summed E-state index contributed by atoms with van der Waals surface area (Å²) in [5, 5.41) is 2.09. The van der Waals surface area contributed by atoms with Crippen LogP contribution in [0.15, 0.2) is 41.8 Å². The average molecular weight is 399 g/mol. The molecule has 1 saturated heterocycles. The smallest absolute Gasteiger partial charge is 0.260 e. The fourth-order valence-corrected chi connectivity index (χ4v) is 4.68. The molecule has 2 aliphatic rings. The maximum Gasteiger partial charge on any atom is 0.260 e. The molecule has 3 heterocycles. The standard InChI is InChI=1S/C21H23N3O3S/c25-19(23-11-9-22(10-12-23)15-17-5-3-13-28-17)7-8-24-20(26)14-16-4-1-2-6-18(16)21(24)27/h1-6,13H,7-12,14-15H2/p+1. The molecule has 1 aromatic carbocycles. The first kappa shape index (κ1) is 18.8. The largest absolute Gasteiger partial charge is 0.331 e. The van der Waals surface area contributed by atoms with Crippen LogP contribution in [0.3, 0.4) is 0 Å². The third-order valence-corrected chi connectivity index (χ3v) is 6.39. The molecular weight excluding hydrogens is 374 g/mol. The normalized spacial score (nSPS) is 17.7. The van der Waals surface area contributed by atoms with E-state index >= 15 is 0 Å². The third kappa shape index (κ3) is 4.00. The van der Waals surface area contributed by atoms with Crippen molar-refractivity contribution >= 4 is 29.1 Å². The van der Waals surface area contributed by atoms with E-state index < -0.39 is 0 Å². The molecule has 146 valence electrons. The second kappa shape index (κ2) is 8.24. The minimum absolute atomic E-state index is 0.0228. The van der Waals surface area contributed by atoms with Crippen molar-refractivity contribution in [3.8, 4) is 0 Å². The number of piperazine rings is 1. The zero-order chi connectivity index (χ0) is 19.5. The Morgan fingerprint density at radius 1 is 1.07 bits per heavy atom. The molecule has 3 amide bonds. The maximum atomic E-state index is 12.6. The van der Waals surface area contributed by atoms with Gasteiger partial charge >= 0.3 is 0 Å². The first-order chi connectivity index (χ1) is 13.6. The molecule has 0 radical (unpaired) electrons. The van der Waals surface area contributed by atoms with E-state index in [1.54, 1.807) is 23.5 Å². The van der Waals surface area contributed by atoms with E-state index in [0.717, 1.165) is 38.3 Å². The van der Waals surface area contributed by atoms with Crippen LogP contribution in [-0.4, -0.2) is 60.2 Å². The highest BCUT2D eigenvalue weighted by atomic mass is 32.1. The van der Waals surface area contributed by atoms with Crippen LogP contribution >= 0.6 is 11.3 Å². The van der Waals surface area contributed by atoms with Gasteiger partial charge in [0.05, 0.1) is 37.5 Å². The van der Waals surface area contributed by atoms with Crippen molar-refractivity contribution < 1.29 is 19.3 Å². The lowest BCUT2D eigenvalue weighted by Crippen LogP contribution is -3.13. The SMILES string of the molecule is O=C(CCN1C(=O)Cc2ccccc2C1=O)N1CC[NH+](Cc2cccs2)CC1. The molecule has 7 heteroatoms. The number of quaternary nitrogens is 1. The zero-order valence-electron chi connectivity index (χ0n) is 15.7. The molecule has 0 saturated carbocycles. The van der Waals surface area contributed by atoms with Gasteiger partial charge in [-0.05, 0) is 23.1 Å². The van der Waals surface area contributed by atoms with Gasteiger partial charge in [0.15, 0.2) is 0 Å². The number of benzene rings is 1. The van der Waals surface area contributed by atoms with Gasteiger partial charge in [-0.3, -0.25) is 19.3 Å². The van der Waals surface area contributed by atoms with Crippen LogP contribution in [0.25, 0.3) is 0 Å². The maximum absolute atomic E-state index is 12.6. The van der Waals surface area contributed by atoms with Gasteiger partial charge in [-0.1, -0.05) is 24.3 Å². The minimum atomic E-state index is -0.287. The predicted molar refractivity (Wildman–Crippen MR) is 106 cm³/mol. The van der Waals surface area contributed by atoms with Gasteiger partial charge < -0.3 is 9.80 Å². The Morgan fingerprint density at radius 2 is 1.86 bits per heavy atom. The number of nitrogens with zero attached hydrogens (tertiary/aromatic N) is 2. The molecule has 6 nitrogen and oxygen atoms in total. The fourth-order valence-electron chi connectivity index (χ4n) is 3.90. The number of carbonyl (C=O) groups excluding carboxylic acids is 3. The molecule has 0 spiro atoms. The summed E-state index contributed by atoms with van der Waals surface area (Å²) in [7, 11) is 0. The van der Waals surface area contributed by atoms with Gasteiger partial charge in [-0.2, -0.15) is 0 Å². The summed E-state index contributed by atoms with van der Waals surface area (Å²) in [5.74, 6) is -0.485. The second-order valence-corrected chi connectivity index (χ2v) is 8.35. The number of fused-ring (bicyclic) bond motifs is 1. The minimum Gasteiger partial charge on any atom is -0.331 e. The molecule has 2 aliphatic heterocycles. The monoisotopic (exact) mass is 398 g/mol. The molecule has 28 heavy (non-hydrogen) atoms. The number of rotatable bonds is 5. The highest BCUT2D eigenvalue weighted by Gasteiger charge is 2.31.